The Morgan fingerprint density at radius 2 is 1.10 bits per heavy atom. The zero-order valence-corrected chi connectivity index (χ0v) is 19.3. The van der Waals surface area contributed by atoms with Gasteiger partial charge in [-0.2, -0.15) is 0 Å². The first-order valence-corrected chi connectivity index (χ1v) is 11.7. The van der Waals surface area contributed by atoms with Crippen LogP contribution in [0.25, 0.3) is 0 Å². The number of piperazine rings is 1. The van der Waals surface area contributed by atoms with Crippen molar-refractivity contribution in [2.24, 2.45) is 23.7 Å². The smallest absolute Gasteiger partial charge is 0.236 e. The molecule has 0 radical (unpaired) electrons. The number of hydrogen-bond acceptors (Lipinski definition) is 4. The maximum atomic E-state index is 12.8. The minimum absolute atomic E-state index is 0.274. The quantitative estimate of drug-likeness (QED) is 0.717. The summed E-state index contributed by atoms with van der Waals surface area (Å²) in [5.41, 5.74) is 0. The van der Waals surface area contributed by atoms with Crippen LogP contribution in [0.15, 0.2) is 0 Å². The first-order valence-electron chi connectivity index (χ1n) is 11.7. The molecule has 0 bridgehead atoms. The molecule has 166 valence electrons. The third-order valence-electron chi connectivity index (χ3n) is 6.99. The molecule has 0 aromatic rings. The molecule has 0 aliphatic carbocycles. The van der Waals surface area contributed by atoms with Crippen molar-refractivity contribution in [2.75, 3.05) is 58.9 Å². The van der Waals surface area contributed by atoms with Gasteiger partial charge in [0.1, 0.15) is 0 Å². The van der Waals surface area contributed by atoms with Gasteiger partial charge in [0.2, 0.25) is 11.8 Å². The minimum atomic E-state index is 0.274. The summed E-state index contributed by atoms with van der Waals surface area (Å²) in [6, 6.07) is 0.305. The predicted octanol–water partition coefficient (Wildman–Crippen LogP) is 2.00. The lowest BCUT2D eigenvalue weighted by molar-refractivity contribution is -0.138. The van der Waals surface area contributed by atoms with Gasteiger partial charge in [0, 0.05) is 51.9 Å². The molecular weight excluding hydrogens is 364 g/mol. The van der Waals surface area contributed by atoms with Crippen LogP contribution < -0.4 is 0 Å². The molecule has 6 nitrogen and oxygen atoms in total. The third-order valence-corrected chi connectivity index (χ3v) is 6.99. The van der Waals surface area contributed by atoms with Gasteiger partial charge in [0.05, 0.1) is 13.1 Å². The Hall–Kier alpha value is -1.14. The number of rotatable bonds is 4. The van der Waals surface area contributed by atoms with Crippen molar-refractivity contribution in [3.8, 4) is 0 Å². The fourth-order valence-corrected chi connectivity index (χ4v) is 5.75. The van der Waals surface area contributed by atoms with Crippen LogP contribution in [0, 0.1) is 23.7 Å². The normalized spacial score (nSPS) is 35.0. The highest BCUT2D eigenvalue weighted by Gasteiger charge is 2.32. The van der Waals surface area contributed by atoms with Gasteiger partial charge in [-0.3, -0.25) is 19.4 Å². The Kier molecular flexibility index (Phi) is 7.60. The summed E-state index contributed by atoms with van der Waals surface area (Å²) in [7, 11) is 0. The summed E-state index contributed by atoms with van der Waals surface area (Å²) in [4.78, 5) is 34.4. The summed E-state index contributed by atoms with van der Waals surface area (Å²) < 4.78 is 0. The molecular formula is C23H42N4O2. The lowest BCUT2D eigenvalue weighted by Crippen LogP contribution is -2.57. The fourth-order valence-electron chi connectivity index (χ4n) is 5.75. The van der Waals surface area contributed by atoms with E-state index in [0.717, 1.165) is 45.8 Å². The van der Waals surface area contributed by atoms with E-state index in [1.54, 1.807) is 0 Å². The van der Waals surface area contributed by atoms with Crippen LogP contribution in [0.4, 0.5) is 0 Å². The molecule has 6 heteroatoms. The minimum Gasteiger partial charge on any atom is -0.341 e. The van der Waals surface area contributed by atoms with Crippen LogP contribution in [-0.4, -0.2) is 96.4 Å². The van der Waals surface area contributed by atoms with Crippen molar-refractivity contribution in [3.05, 3.63) is 0 Å². The summed E-state index contributed by atoms with van der Waals surface area (Å²) in [6.45, 7) is 18.4. The Morgan fingerprint density at radius 1 is 0.655 bits per heavy atom. The molecule has 3 aliphatic heterocycles. The molecule has 0 N–H and O–H groups in total. The van der Waals surface area contributed by atoms with Gasteiger partial charge in [-0.1, -0.05) is 27.7 Å². The number of carbonyl (C=O) groups is 2. The van der Waals surface area contributed by atoms with Crippen molar-refractivity contribution < 1.29 is 9.59 Å². The van der Waals surface area contributed by atoms with E-state index in [0.29, 0.717) is 42.8 Å². The van der Waals surface area contributed by atoms with E-state index in [2.05, 4.69) is 54.2 Å². The average Bonchev–Trinajstić information content (AvgIpc) is 2.62. The molecule has 0 aromatic heterocycles. The molecule has 5 unspecified atom stereocenters. The molecule has 0 saturated carbocycles. The maximum absolute atomic E-state index is 12.8. The molecule has 3 heterocycles. The summed E-state index contributed by atoms with van der Waals surface area (Å²) in [5.74, 6) is 2.95. The second kappa shape index (κ2) is 9.78. The van der Waals surface area contributed by atoms with Crippen LogP contribution in [0.2, 0.25) is 0 Å². The number of amides is 2. The molecule has 3 fully saturated rings. The molecule has 3 aliphatic rings. The number of carbonyl (C=O) groups excluding carboxylic acids is 2. The Bertz CT molecular complexity index is 563. The van der Waals surface area contributed by atoms with Crippen LogP contribution in [-0.2, 0) is 9.59 Å². The number of nitrogens with zero attached hydrogens (tertiary/aromatic N) is 4. The van der Waals surface area contributed by atoms with E-state index in [1.165, 1.54) is 12.8 Å². The van der Waals surface area contributed by atoms with Gasteiger partial charge < -0.3 is 9.80 Å². The fraction of sp³-hybridized carbons (Fsp3) is 0.913. The van der Waals surface area contributed by atoms with Gasteiger partial charge in [-0.05, 0) is 43.4 Å². The van der Waals surface area contributed by atoms with Gasteiger partial charge in [-0.25, -0.2) is 0 Å². The van der Waals surface area contributed by atoms with Crippen molar-refractivity contribution in [3.63, 3.8) is 0 Å². The number of hydrogen-bond donors (Lipinski definition) is 0. The topological polar surface area (TPSA) is 47.1 Å². The van der Waals surface area contributed by atoms with E-state index in [4.69, 9.17) is 0 Å². The van der Waals surface area contributed by atoms with Gasteiger partial charge in [0.25, 0.3) is 0 Å². The lowest BCUT2D eigenvalue weighted by Gasteiger charge is -2.42. The largest absolute Gasteiger partial charge is 0.341 e. The molecule has 0 aromatic carbocycles. The van der Waals surface area contributed by atoms with Crippen LogP contribution in [0.3, 0.4) is 0 Å². The summed E-state index contributed by atoms with van der Waals surface area (Å²) in [6.07, 6.45) is 2.45. The first-order chi connectivity index (χ1) is 13.7. The van der Waals surface area contributed by atoms with Crippen molar-refractivity contribution >= 4 is 11.8 Å². The Labute approximate surface area is 177 Å². The average molecular weight is 407 g/mol. The highest BCUT2D eigenvalue weighted by atomic mass is 16.2. The van der Waals surface area contributed by atoms with Crippen LogP contribution in [0.1, 0.15) is 47.5 Å². The molecule has 5 atom stereocenters. The molecule has 3 rings (SSSR count). The van der Waals surface area contributed by atoms with Crippen LogP contribution in [0.5, 0.6) is 0 Å². The maximum Gasteiger partial charge on any atom is 0.236 e. The van der Waals surface area contributed by atoms with Crippen molar-refractivity contribution in [1.82, 2.24) is 19.6 Å². The van der Waals surface area contributed by atoms with Gasteiger partial charge in [0.15, 0.2) is 0 Å². The summed E-state index contributed by atoms with van der Waals surface area (Å²) >= 11 is 0. The monoisotopic (exact) mass is 406 g/mol. The molecule has 29 heavy (non-hydrogen) atoms. The van der Waals surface area contributed by atoms with Gasteiger partial charge >= 0.3 is 0 Å². The standard InChI is InChI=1S/C23H42N4O2/c1-17-8-18(2)11-26(10-17)22(28)15-24-6-7-25(21(5)14-24)16-23(29)27-12-19(3)9-20(4)13-27/h17-21H,6-16H2,1-5H3. The van der Waals surface area contributed by atoms with E-state index in [-0.39, 0.29) is 11.8 Å². The highest BCUT2D eigenvalue weighted by molar-refractivity contribution is 5.79. The lowest BCUT2D eigenvalue weighted by atomic mass is 9.92. The van der Waals surface area contributed by atoms with E-state index < -0.39 is 0 Å². The summed E-state index contributed by atoms with van der Waals surface area (Å²) in [5, 5.41) is 0. The molecule has 3 saturated heterocycles. The van der Waals surface area contributed by atoms with E-state index in [9.17, 15) is 9.59 Å². The second-order valence-corrected chi connectivity index (χ2v) is 10.5. The first kappa shape index (κ1) is 22.5. The number of piperidine rings is 2. The van der Waals surface area contributed by atoms with Crippen molar-refractivity contribution in [2.45, 2.75) is 53.5 Å². The zero-order valence-electron chi connectivity index (χ0n) is 19.3. The number of likely N-dealkylation sites (tertiary alicyclic amines) is 2. The van der Waals surface area contributed by atoms with Crippen molar-refractivity contribution in [1.29, 1.82) is 0 Å². The van der Waals surface area contributed by atoms with E-state index in [1.807, 2.05) is 0 Å². The zero-order chi connectivity index (χ0) is 21.1. The highest BCUT2D eigenvalue weighted by Crippen LogP contribution is 2.23. The van der Waals surface area contributed by atoms with Gasteiger partial charge in [-0.15, -0.1) is 0 Å². The van der Waals surface area contributed by atoms with Crippen LogP contribution >= 0.6 is 0 Å². The third kappa shape index (κ3) is 6.17. The molecule has 0 spiro atoms. The predicted molar refractivity (Wildman–Crippen MR) is 117 cm³/mol. The Morgan fingerprint density at radius 3 is 1.55 bits per heavy atom. The second-order valence-electron chi connectivity index (χ2n) is 10.5. The van der Waals surface area contributed by atoms with E-state index >= 15 is 0 Å². The Balaban J connectivity index is 1.45. The molecule has 2 amide bonds. The SMILES string of the molecule is CC1CC(C)CN(C(=O)CN2CCN(CC(=O)N3CC(C)CC(C)C3)C(C)C2)C1.